The van der Waals surface area contributed by atoms with E-state index >= 15 is 0 Å². The average Bonchev–Trinajstić information content (AvgIpc) is 2.62. The van der Waals surface area contributed by atoms with Crippen LogP contribution in [0.3, 0.4) is 0 Å². The molecule has 3 rings (SSSR count). The number of ether oxygens (including phenoxy) is 1. The van der Waals surface area contributed by atoms with Crippen LogP contribution in [0.15, 0.2) is 54.6 Å². The lowest BCUT2D eigenvalue weighted by Gasteiger charge is -2.30. The van der Waals surface area contributed by atoms with Crippen LogP contribution in [-0.4, -0.2) is 23.9 Å². The van der Waals surface area contributed by atoms with Crippen LogP contribution in [0.4, 0.5) is 0 Å². The molecule has 1 aliphatic rings. The van der Waals surface area contributed by atoms with E-state index in [9.17, 15) is 4.79 Å². The Balaban J connectivity index is 1.84. The molecule has 1 heterocycles. The molecule has 3 nitrogen and oxygen atoms in total. The number of carbonyl (C=O) groups excluding carboxylic acids is 1. The molecule has 0 aliphatic carbocycles. The van der Waals surface area contributed by atoms with Crippen molar-refractivity contribution in [3.05, 3.63) is 65.7 Å². The van der Waals surface area contributed by atoms with Gasteiger partial charge in [-0.2, -0.15) is 0 Å². The van der Waals surface area contributed by atoms with Gasteiger partial charge in [-0.05, 0) is 38.3 Å². The van der Waals surface area contributed by atoms with Crippen molar-refractivity contribution in [1.82, 2.24) is 4.90 Å². The van der Waals surface area contributed by atoms with Crippen LogP contribution in [0.25, 0.3) is 0 Å². The summed E-state index contributed by atoms with van der Waals surface area (Å²) in [6.07, 6.45) is 2.80. The molecule has 0 radical (unpaired) electrons. The fourth-order valence-corrected chi connectivity index (χ4v) is 2.92. The molecule has 1 amide bonds. The maximum Gasteiger partial charge on any atom is 0.268 e. The molecule has 0 bridgehead atoms. The summed E-state index contributed by atoms with van der Waals surface area (Å²) in [5.74, 6) is 0.797. The van der Waals surface area contributed by atoms with Crippen LogP contribution in [0.5, 0.6) is 5.75 Å². The van der Waals surface area contributed by atoms with Crippen molar-refractivity contribution in [2.75, 3.05) is 13.1 Å². The molecule has 0 N–H and O–H groups in total. The zero-order valence-corrected chi connectivity index (χ0v) is 13.6. The number of rotatable bonds is 4. The lowest BCUT2D eigenvalue weighted by molar-refractivity contribution is -0.140. The van der Waals surface area contributed by atoms with Crippen molar-refractivity contribution in [1.29, 1.82) is 0 Å². The number of carbonyl (C=O) groups is 1. The summed E-state index contributed by atoms with van der Waals surface area (Å²) in [6.45, 7) is 3.70. The van der Waals surface area contributed by atoms with Crippen LogP contribution >= 0.6 is 0 Å². The minimum atomic E-state index is -0.572. The van der Waals surface area contributed by atoms with Crippen LogP contribution in [0.1, 0.15) is 36.5 Å². The quantitative estimate of drug-likeness (QED) is 0.850. The van der Waals surface area contributed by atoms with Crippen molar-refractivity contribution in [2.45, 2.75) is 32.3 Å². The van der Waals surface area contributed by atoms with Gasteiger partial charge in [-0.3, -0.25) is 4.79 Å². The third kappa shape index (κ3) is 3.92. The molecule has 120 valence electrons. The van der Waals surface area contributed by atoms with E-state index in [2.05, 4.69) is 0 Å². The molecule has 23 heavy (non-hydrogen) atoms. The Morgan fingerprint density at radius 1 is 0.957 bits per heavy atom. The molecule has 0 spiro atoms. The van der Waals surface area contributed by atoms with Gasteiger partial charge in [0.15, 0.2) is 0 Å². The number of amides is 1. The third-order valence-electron chi connectivity index (χ3n) is 4.27. The zero-order valence-electron chi connectivity index (χ0n) is 13.6. The lowest BCUT2D eigenvalue weighted by atomic mass is 10.1. The van der Waals surface area contributed by atoms with Gasteiger partial charge in [-0.1, -0.05) is 48.0 Å². The minimum Gasteiger partial charge on any atom is -0.476 e. The van der Waals surface area contributed by atoms with E-state index in [1.54, 1.807) is 0 Å². The smallest absolute Gasteiger partial charge is 0.268 e. The second-order valence-electron chi connectivity index (χ2n) is 6.11. The highest BCUT2D eigenvalue weighted by Gasteiger charge is 2.28. The second kappa shape index (κ2) is 7.32. The standard InChI is InChI=1S/C20H23NO2/c1-16-10-12-18(13-11-16)23-19(17-8-4-2-5-9-17)20(22)21-14-6-3-7-15-21/h2,4-5,8-13,19H,3,6-7,14-15H2,1H3. The van der Waals surface area contributed by atoms with Gasteiger partial charge < -0.3 is 9.64 Å². The van der Waals surface area contributed by atoms with E-state index in [4.69, 9.17) is 4.74 Å². The maximum atomic E-state index is 13.0. The number of nitrogens with zero attached hydrogens (tertiary/aromatic N) is 1. The largest absolute Gasteiger partial charge is 0.476 e. The van der Waals surface area contributed by atoms with Crippen molar-refractivity contribution in [3.63, 3.8) is 0 Å². The fraction of sp³-hybridized carbons (Fsp3) is 0.350. The van der Waals surface area contributed by atoms with Gasteiger partial charge in [-0.25, -0.2) is 0 Å². The fourth-order valence-electron chi connectivity index (χ4n) is 2.92. The Morgan fingerprint density at radius 3 is 2.26 bits per heavy atom. The first-order chi connectivity index (χ1) is 11.2. The van der Waals surface area contributed by atoms with Crippen LogP contribution in [-0.2, 0) is 4.79 Å². The monoisotopic (exact) mass is 309 g/mol. The first kappa shape index (κ1) is 15.6. The summed E-state index contributed by atoms with van der Waals surface area (Å²) in [5.41, 5.74) is 2.08. The van der Waals surface area contributed by atoms with Crippen molar-refractivity contribution in [2.24, 2.45) is 0 Å². The lowest BCUT2D eigenvalue weighted by Crippen LogP contribution is -2.40. The SMILES string of the molecule is Cc1ccc(OC(C(=O)N2CCCCC2)c2ccccc2)cc1. The number of benzene rings is 2. The molecule has 1 unspecified atom stereocenters. The Bertz CT molecular complexity index is 630. The van der Waals surface area contributed by atoms with Gasteiger partial charge >= 0.3 is 0 Å². The molecule has 2 aromatic carbocycles. The normalized spacial score (nSPS) is 16.0. The Labute approximate surface area is 137 Å². The van der Waals surface area contributed by atoms with Gasteiger partial charge in [0.2, 0.25) is 6.10 Å². The Kier molecular flexibility index (Phi) is 4.96. The highest BCUT2D eigenvalue weighted by Crippen LogP contribution is 2.25. The summed E-state index contributed by atoms with van der Waals surface area (Å²) >= 11 is 0. The number of piperidine rings is 1. The number of likely N-dealkylation sites (tertiary alicyclic amines) is 1. The summed E-state index contributed by atoms with van der Waals surface area (Å²) in [5, 5.41) is 0. The number of aryl methyl sites for hydroxylation is 1. The maximum absolute atomic E-state index is 13.0. The van der Waals surface area contributed by atoms with Crippen LogP contribution < -0.4 is 4.74 Å². The molecular weight excluding hydrogens is 286 g/mol. The zero-order chi connectivity index (χ0) is 16.1. The molecule has 1 saturated heterocycles. The molecule has 0 aromatic heterocycles. The van der Waals surface area contributed by atoms with Crippen LogP contribution in [0, 0.1) is 6.92 Å². The average molecular weight is 309 g/mol. The van der Waals surface area contributed by atoms with E-state index in [0.717, 1.165) is 37.2 Å². The molecule has 1 aliphatic heterocycles. The van der Waals surface area contributed by atoms with Gasteiger partial charge in [0, 0.05) is 18.7 Å². The molecular formula is C20H23NO2. The van der Waals surface area contributed by atoms with E-state index < -0.39 is 6.10 Å². The van der Waals surface area contributed by atoms with E-state index in [1.165, 1.54) is 12.0 Å². The molecule has 1 fully saturated rings. The number of hydrogen-bond acceptors (Lipinski definition) is 2. The number of hydrogen-bond donors (Lipinski definition) is 0. The van der Waals surface area contributed by atoms with Crippen LogP contribution in [0.2, 0.25) is 0 Å². The highest BCUT2D eigenvalue weighted by molar-refractivity contribution is 5.82. The van der Waals surface area contributed by atoms with Gasteiger partial charge in [0.25, 0.3) is 5.91 Å². The van der Waals surface area contributed by atoms with Gasteiger partial charge in [0.1, 0.15) is 5.75 Å². The van der Waals surface area contributed by atoms with Crippen molar-refractivity contribution in [3.8, 4) is 5.75 Å². The first-order valence-corrected chi connectivity index (χ1v) is 8.31. The minimum absolute atomic E-state index is 0.0662. The predicted octanol–water partition coefficient (Wildman–Crippen LogP) is 4.13. The summed E-state index contributed by atoms with van der Waals surface area (Å²) in [6, 6.07) is 17.6. The van der Waals surface area contributed by atoms with E-state index in [0.29, 0.717) is 0 Å². The predicted molar refractivity (Wildman–Crippen MR) is 91.4 cm³/mol. The highest BCUT2D eigenvalue weighted by atomic mass is 16.5. The van der Waals surface area contributed by atoms with E-state index in [1.807, 2.05) is 66.4 Å². The molecule has 2 aromatic rings. The summed E-state index contributed by atoms with van der Waals surface area (Å²) < 4.78 is 6.08. The molecule has 0 saturated carbocycles. The van der Waals surface area contributed by atoms with Gasteiger partial charge in [-0.15, -0.1) is 0 Å². The second-order valence-corrected chi connectivity index (χ2v) is 6.11. The Morgan fingerprint density at radius 2 is 1.61 bits per heavy atom. The first-order valence-electron chi connectivity index (χ1n) is 8.31. The van der Waals surface area contributed by atoms with Crippen molar-refractivity contribution >= 4 is 5.91 Å². The summed E-state index contributed by atoms with van der Waals surface area (Å²) in [4.78, 5) is 14.9. The third-order valence-corrected chi connectivity index (χ3v) is 4.27. The molecule has 3 heteroatoms. The Hall–Kier alpha value is -2.29. The van der Waals surface area contributed by atoms with Gasteiger partial charge in [0.05, 0.1) is 0 Å². The molecule has 1 atom stereocenters. The van der Waals surface area contributed by atoms with E-state index in [-0.39, 0.29) is 5.91 Å². The topological polar surface area (TPSA) is 29.5 Å². The summed E-state index contributed by atoms with van der Waals surface area (Å²) in [7, 11) is 0. The van der Waals surface area contributed by atoms with Crippen molar-refractivity contribution < 1.29 is 9.53 Å².